The van der Waals surface area contributed by atoms with Crippen molar-refractivity contribution in [2.24, 2.45) is 0 Å². The number of methoxy groups -OCH3 is 2. The smallest absolute Gasteiger partial charge is 0.170 e. The van der Waals surface area contributed by atoms with E-state index in [2.05, 4.69) is 15.6 Å². The van der Waals surface area contributed by atoms with E-state index in [-0.39, 0.29) is 37.2 Å². The van der Waals surface area contributed by atoms with E-state index in [1.165, 1.54) is 0 Å². The first-order chi connectivity index (χ1) is 10.8. The van der Waals surface area contributed by atoms with Crippen molar-refractivity contribution in [3.8, 4) is 22.1 Å². The van der Waals surface area contributed by atoms with E-state index in [9.17, 15) is 0 Å². The van der Waals surface area contributed by atoms with Gasteiger partial charge in [-0.1, -0.05) is 6.07 Å². The molecule has 25 heavy (non-hydrogen) atoms. The van der Waals surface area contributed by atoms with Crippen LogP contribution in [0.1, 0.15) is 5.69 Å². The fourth-order valence-corrected chi connectivity index (χ4v) is 3.49. The van der Waals surface area contributed by atoms with Crippen LogP contribution < -0.4 is 14.8 Å². The monoisotopic (exact) mass is 427 g/mol. The van der Waals surface area contributed by atoms with Crippen molar-refractivity contribution in [3.05, 3.63) is 29.3 Å². The molecule has 1 saturated heterocycles. The molecule has 2 aromatic rings. The second kappa shape index (κ2) is 11.8. The number of nitrogens with one attached hydrogen (secondary N) is 1. The maximum atomic E-state index is 5.50. The van der Waals surface area contributed by atoms with Crippen LogP contribution in [-0.4, -0.2) is 50.3 Å². The Balaban J connectivity index is 0.00000192. The molecule has 1 aromatic heterocycles. The molecule has 9 heteroatoms. The Morgan fingerprint density at radius 2 is 1.84 bits per heavy atom. The molecule has 2 heterocycles. The number of rotatable bonds is 5. The summed E-state index contributed by atoms with van der Waals surface area (Å²) in [4.78, 5) is 7.21. The Hall–Kier alpha value is -0.760. The summed E-state index contributed by atoms with van der Waals surface area (Å²) < 4.78 is 10.9. The predicted molar refractivity (Wildman–Crippen MR) is 111 cm³/mol. The summed E-state index contributed by atoms with van der Waals surface area (Å²) in [6, 6.07) is 5.89. The lowest BCUT2D eigenvalue weighted by molar-refractivity contribution is 0.231. The van der Waals surface area contributed by atoms with Gasteiger partial charge in [-0.3, -0.25) is 4.90 Å². The summed E-state index contributed by atoms with van der Waals surface area (Å²) in [6.07, 6.45) is 0. The summed E-state index contributed by atoms with van der Waals surface area (Å²) >= 11 is 1.65. The number of nitrogens with zero attached hydrogens (tertiary/aromatic N) is 2. The number of piperazine rings is 1. The number of halogens is 3. The SMILES string of the molecule is COc1cccc(-c2nc(CN3CCNCC3)cs2)c1OC.Cl.Cl.Cl. The summed E-state index contributed by atoms with van der Waals surface area (Å²) in [7, 11) is 3.32. The summed E-state index contributed by atoms with van der Waals surface area (Å²) in [6.45, 7) is 5.18. The van der Waals surface area contributed by atoms with Gasteiger partial charge in [0.05, 0.1) is 25.5 Å². The van der Waals surface area contributed by atoms with Crippen LogP contribution in [0.4, 0.5) is 0 Å². The van der Waals surface area contributed by atoms with Crippen molar-refractivity contribution in [3.63, 3.8) is 0 Å². The number of ether oxygens (including phenoxy) is 2. The highest BCUT2D eigenvalue weighted by atomic mass is 35.5. The largest absolute Gasteiger partial charge is 0.493 e. The van der Waals surface area contributed by atoms with E-state index in [1.807, 2.05) is 18.2 Å². The van der Waals surface area contributed by atoms with Crippen LogP contribution in [0.3, 0.4) is 0 Å². The number of aromatic nitrogens is 1. The standard InChI is InChI=1S/C16H21N3O2S.3ClH/c1-20-14-5-3-4-13(15(14)21-2)16-18-12(11-22-16)10-19-8-6-17-7-9-19;;;/h3-5,11,17H,6-10H2,1-2H3;3*1H. The van der Waals surface area contributed by atoms with E-state index in [0.29, 0.717) is 0 Å². The van der Waals surface area contributed by atoms with Crippen LogP contribution in [0.5, 0.6) is 11.5 Å². The number of hydrogen-bond acceptors (Lipinski definition) is 6. The van der Waals surface area contributed by atoms with E-state index < -0.39 is 0 Å². The van der Waals surface area contributed by atoms with E-state index in [0.717, 1.165) is 60.5 Å². The zero-order valence-corrected chi connectivity index (χ0v) is 17.5. The first kappa shape index (κ1) is 24.2. The number of benzene rings is 1. The molecular weight excluding hydrogens is 405 g/mol. The average molecular weight is 429 g/mol. The molecule has 1 aliphatic rings. The fourth-order valence-electron chi connectivity index (χ4n) is 2.66. The highest BCUT2D eigenvalue weighted by Gasteiger charge is 2.16. The van der Waals surface area contributed by atoms with Crippen LogP contribution >= 0.6 is 48.6 Å². The van der Waals surface area contributed by atoms with Crippen LogP contribution in [-0.2, 0) is 6.54 Å². The van der Waals surface area contributed by atoms with Gasteiger partial charge < -0.3 is 14.8 Å². The third-order valence-electron chi connectivity index (χ3n) is 3.78. The molecule has 1 fully saturated rings. The molecule has 0 radical (unpaired) electrons. The highest BCUT2D eigenvalue weighted by Crippen LogP contribution is 2.39. The van der Waals surface area contributed by atoms with Crippen molar-refractivity contribution in [2.45, 2.75) is 6.54 Å². The van der Waals surface area contributed by atoms with Crippen molar-refractivity contribution in [1.82, 2.24) is 15.2 Å². The molecule has 3 rings (SSSR count). The van der Waals surface area contributed by atoms with Gasteiger partial charge in [0.2, 0.25) is 0 Å². The van der Waals surface area contributed by atoms with Gasteiger partial charge in [-0.05, 0) is 12.1 Å². The van der Waals surface area contributed by atoms with Crippen LogP contribution in [0.25, 0.3) is 10.6 Å². The summed E-state index contributed by atoms with van der Waals surface area (Å²) in [5.41, 5.74) is 2.10. The van der Waals surface area contributed by atoms with Crippen LogP contribution in [0, 0.1) is 0 Å². The normalized spacial score (nSPS) is 13.8. The zero-order chi connectivity index (χ0) is 15.4. The van der Waals surface area contributed by atoms with E-state index in [4.69, 9.17) is 14.5 Å². The number of thiazole rings is 1. The number of hydrogen-bond donors (Lipinski definition) is 1. The van der Waals surface area contributed by atoms with Crippen molar-refractivity contribution >= 4 is 48.6 Å². The van der Waals surface area contributed by atoms with E-state index >= 15 is 0 Å². The maximum absolute atomic E-state index is 5.50. The molecule has 0 spiro atoms. The van der Waals surface area contributed by atoms with Gasteiger partial charge in [-0.15, -0.1) is 48.6 Å². The maximum Gasteiger partial charge on any atom is 0.170 e. The Morgan fingerprint density at radius 1 is 1.12 bits per heavy atom. The zero-order valence-electron chi connectivity index (χ0n) is 14.2. The van der Waals surface area contributed by atoms with Crippen LogP contribution in [0.2, 0.25) is 0 Å². The van der Waals surface area contributed by atoms with Gasteiger partial charge >= 0.3 is 0 Å². The quantitative estimate of drug-likeness (QED) is 0.790. The molecule has 0 saturated carbocycles. The lowest BCUT2D eigenvalue weighted by atomic mass is 10.2. The minimum absolute atomic E-state index is 0. The van der Waals surface area contributed by atoms with Crippen molar-refractivity contribution in [2.75, 3.05) is 40.4 Å². The van der Waals surface area contributed by atoms with Gasteiger partial charge in [-0.2, -0.15) is 0 Å². The lowest BCUT2D eigenvalue weighted by Gasteiger charge is -2.26. The molecule has 1 aromatic carbocycles. The summed E-state index contributed by atoms with van der Waals surface area (Å²) in [5.74, 6) is 1.48. The second-order valence-electron chi connectivity index (χ2n) is 5.21. The molecule has 0 unspecified atom stereocenters. The van der Waals surface area contributed by atoms with Crippen molar-refractivity contribution < 1.29 is 9.47 Å². The third-order valence-corrected chi connectivity index (χ3v) is 4.70. The molecule has 0 aliphatic carbocycles. The number of para-hydroxylation sites is 1. The molecule has 5 nitrogen and oxygen atoms in total. The summed E-state index contributed by atoms with van der Waals surface area (Å²) in [5, 5.41) is 6.48. The first-order valence-electron chi connectivity index (χ1n) is 7.40. The molecule has 1 aliphatic heterocycles. The Labute approximate surface area is 171 Å². The third kappa shape index (κ3) is 5.88. The predicted octanol–water partition coefficient (Wildman–Crippen LogP) is 3.50. The topological polar surface area (TPSA) is 46.6 Å². The Morgan fingerprint density at radius 3 is 2.48 bits per heavy atom. The first-order valence-corrected chi connectivity index (χ1v) is 8.28. The highest BCUT2D eigenvalue weighted by molar-refractivity contribution is 7.13. The molecular formula is C16H24Cl3N3O2S. The molecule has 0 atom stereocenters. The Bertz CT molecular complexity index is 637. The van der Waals surface area contributed by atoms with Gasteiger partial charge in [0.25, 0.3) is 0 Å². The van der Waals surface area contributed by atoms with Gasteiger partial charge in [0, 0.05) is 38.1 Å². The Kier molecular flexibility index (Phi) is 11.4. The van der Waals surface area contributed by atoms with Gasteiger partial charge in [0.1, 0.15) is 5.01 Å². The van der Waals surface area contributed by atoms with Gasteiger partial charge in [-0.25, -0.2) is 4.98 Å². The van der Waals surface area contributed by atoms with Crippen molar-refractivity contribution in [1.29, 1.82) is 0 Å². The fraction of sp³-hybridized carbons (Fsp3) is 0.438. The molecule has 0 bridgehead atoms. The molecule has 0 amide bonds. The minimum Gasteiger partial charge on any atom is -0.493 e. The second-order valence-corrected chi connectivity index (χ2v) is 6.07. The lowest BCUT2D eigenvalue weighted by Crippen LogP contribution is -2.42. The van der Waals surface area contributed by atoms with Gasteiger partial charge in [0.15, 0.2) is 11.5 Å². The molecule has 1 N–H and O–H groups in total. The van der Waals surface area contributed by atoms with Crippen LogP contribution in [0.15, 0.2) is 23.6 Å². The molecule has 142 valence electrons. The average Bonchev–Trinajstić information content (AvgIpc) is 3.03. The minimum atomic E-state index is 0. The van der Waals surface area contributed by atoms with E-state index in [1.54, 1.807) is 25.6 Å².